The highest BCUT2D eigenvalue weighted by atomic mass is 35.5. The van der Waals surface area contributed by atoms with E-state index in [2.05, 4.69) is 10.5 Å². The van der Waals surface area contributed by atoms with Gasteiger partial charge in [-0.2, -0.15) is 5.10 Å². The molecule has 0 unspecified atom stereocenters. The predicted octanol–water partition coefficient (Wildman–Crippen LogP) is 4.64. The van der Waals surface area contributed by atoms with Crippen LogP contribution in [0.1, 0.15) is 31.8 Å². The van der Waals surface area contributed by atoms with E-state index in [9.17, 15) is 9.59 Å². The Morgan fingerprint density at radius 1 is 0.933 bits per heavy atom. The molecule has 0 aliphatic carbocycles. The molecule has 0 spiro atoms. The quantitative estimate of drug-likeness (QED) is 0.272. The molecule has 0 heterocycles. The van der Waals surface area contributed by atoms with Gasteiger partial charge in [-0.3, -0.25) is 4.79 Å². The fourth-order valence-electron chi connectivity index (χ4n) is 2.53. The molecule has 3 aromatic rings. The Hall–Kier alpha value is -3.64. The molecular formula is C23H19ClN2O4. The normalized spacial score (nSPS) is 10.6. The van der Waals surface area contributed by atoms with E-state index in [0.717, 1.165) is 5.56 Å². The molecular weight excluding hydrogens is 404 g/mol. The topological polar surface area (TPSA) is 77.0 Å². The molecule has 0 saturated heterocycles. The van der Waals surface area contributed by atoms with Gasteiger partial charge in [-0.05, 0) is 67.1 Å². The zero-order valence-corrected chi connectivity index (χ0v) is 17.1. The van der Waals surface area contributed by atoms with Crippen molar-refractivity contribution in [3.8, 4) is 11.5 Å². The minimum atomic E-state index is -0.531. The van der Waals surface area contributed by atoms with Gasteiger partial charge in [0, 0.05) is 10.6 Å². The van der Waals surface area contributed by atoms with Crippen molar-refractivity contribution in [3.63, 3.8) is 0 Å². The Bertz CT molecular complexity index is 1080. The first-order chi connectivity index (χ1) is 14.5. The van der Waals surface area contributed by atoms with Crippen LogP contribution in [0.15, 0.2) is 71.8 Å². The molecule has 6 nitrogen and oxygen atoms in total. The van der Waals surface area contributed by atoms with Crippen LogP contribution in [0, 0.1) is 6.92 Å². The number of nitrogens with zero attached hydrogens (tertiary/aromatic N) is 1. The Kier molecular flexibility index (Phi) is 6.83. The van der Waals surface area contributed by atoms with Crippen molar-refractivity contribution in [3.05, 3.63) is 94.0 Å². The number of hydrogen-bond acceptors (Lipinski definition) is 5. The van der Waals surface area contributed by atoms with E-state index in [1.165, 1.54) is 13.3 Å². The van der Waals surface area contributed by atoms with Gasteiger partial charge in [-0.15, -0.1) is 0 Å². The number of esters is 1. The first kappa shape index (κ1) is 21.1. The predicted molar refractivity (Wildman–Crippen MR) is 116 cm³/mol. The molecule has 152 valence electrons. The number of nitrogens with one attached hydrogen (secondary N) is 1. The zero-order chi connectivity index (χ0) is 21.5. The Morgan fingerprint density at radius 2 is 1.60 bits per heavy atom. The number of amides is 1. The van der Waals surface area contributed by atoms with Crippen molar-refractivity contribution in [2.24, 2.45) is 5.10 Å². The van der Waals surface area contributed by atoms with Crippen molar-refractivity contribution < 1.29 is 19.1 Å². The van der Waals surface area contributed by atoms with Crippen molar-refractivity contribution in [2.45, 2.75) is 6.92 Å². The van der Waals surface area contributed by atoms with Crippen LogP contribution in [0.2, 0.25) is 5.02 Å². The molecule has 0 atom stereocenters. The summed E-state index contributed by atoms with van der Waals surface area (Å²) in [7, 11) is 1.47. The first-order valence-electron chi connectivity index (χ1n) is 9.02. The fraction of sp³-hybridized carbons (Fsp3) is 0.0870. The lowest BCUT2D eigenvalue weighted by Crippen LogP contribution is -2.17. The number of hydrogen-bond donors (Lipinski definition) is 1. The minimum absolute atomic E-state index is 0.262. The van der Waals surface area contributed by atoms with Crippen LogP contribution in [-0.4, -0.2) is 25.2 Å². The van der Waals surface area contributed by atoms with Gasteiger partial charge in [0.05, 0.1) is 18.9 Å². The number of hydrazone groups is 1. The van der Waals surface area contributed by atoms with Crippen LogP contribution in [0.25, 0.3) is 0 Å². The minimum Gasteiger partial charge on any atom is -0.493 e. The Labute approximate surface area is 179 Å². The summed E-state index contributed by atoms with van der Waals surface area (Å²) in [6.07, 6.45) is 1.47. The summed E-state index contributed by atoms with van der Waals surface area (Å²) in [4.78, 5) is 24.4. The number of aryl methyl sites for hydroxylation is 1. The molecule has 1 amide bonds. The highest BCUT2D eigenvalue weighted by molar-refractivity contribution is 6.30. The van der Waals surface area contributed by atoms with Crippen LogP contribution in [-0.2, 0) is 0 Å². The van der Waals surface area contributed by atoms with Crippen LogP contribution >= 0.6 is 11.6 Å². The average Bonchev–Trinajstić information content (AvgIpc) is 2.75. The average molecular weight is 423 g/mol. The smallest absolute Gasteiger partial charge is 0.343 e. The van der Waals surface area contributed by atoms with E-state index < -0.39 is 5.97 Å². The summed E-state index contributed by atoms with van der Waals surface area (Å²) >= 11 is 5.83. The maximum Gasteiger partial charge on any atom is 0.343 e. The molecule has 0 bridgehead atoms. The van der Waals surface area contributed by atoms with E-state index in [4.69, 9.17) is 21.1 Å². The first-order valence-corrected chi connectivity index (χ1v) is 9.40. The number of methoxy groups -OCH3 is 1. The summed E-state index contributed by atoms with van der Waals surface area (Å²) in [5.41, 5.74) is 5.07. The van der Waals surface area contributed by atoms with Crippen molar-refractivity contribution in [2.75, 3.05) is 7.11 Å². The third kappa shape index (κ3) is 5.46. The van der Waals surface area contributed by atoms with Gasteiger partial charge in [0.1, 0.15) is 0 Å². The standard InChI is InChI=1S/C23H19ClN2O4/c1-15-3-6-17(7-4-15)22(27)26-25-14-16-5-12-20(21(13-16)29-2)30-23(28)18-8-10-19(24)11-9-18/h3-14H,1-2H3,(H,26,27). The van der Waals surface area contributed by atoms with E-state index in [1.807, 2.05) is 19.1 Å². The molecule has 30 heavy (non-hydrogen) atoms. The third-order valence-electron chi connectivity index (χ3n) is 4.16. The molecule has 3 aromatic carbocycles. The number of carbonyl (C=O) groups is 2. The van der Waals surface area contributed by atoms with Gasteiger partial charge < -0.3 is 9.47 Å². The van der Waals surface area contributed by atoms with E-state index in [-0.39, 0.29) is 11.7 Å². The molecule has 0 aliphatic rings. The van der Waals surface area contributed by atoms with Gasteiger partial charge in [-0.1, -0.05) is 29.3 Å². The van der Waals surface area contributed by atoms with Gasteiger partial charge in [-0.25, -0.2) is 10.2 Å². The third-order valence-corrected chi connectivity index (χ3v) is 4.42. The maximum absolute atomic E-state index is 12.3. The Balaban J connectivity index is 1.66. The van der Waals surface area contributed by atoms with Gasteiger partial charge >= 0.3 is 5.97 Å². The highest BCUT2D eigenvalue weighted by Crippen LogP contribution is 2.28. The number of benzene rings is 3. The van der Waals surface area contributed by atoms with Crippen molar-refractivity contribution >= 4 is 29.7 Å². The molecule has 0 radical (unpaired) electrons. The number of halogens is 1. The lowest BCUT2D eigenvalue weighted by Gasteiger charge is -2.10. The number of carbonyl (C=O) groups excluding carboxylic acids is 2. The van der Waals surface area contributed by atoms with Crippen molar-refractivity contribution in [1.82, 2.24) is 5.43 Å². The summed E-state index contributed by atoms with van der Waals surface area (Å²) < 4.78 is 10.7. The van der Waals surface area contributed by atoms with Gasteiger partial charge in [0.2, 0.25) is 0 Å². The lowest BCUT2D eigenvalue weighted by atomic mass is 10.1. The molecule has 0 saturated carbocycles. The van der Waals surface area contributed by atoms with Gasteiger partial charge in [0.25, 0.3) is 5.91 Å². The molecule has 0 aromatic heterocycles. The van der Waals surface area contributed by atoms with Crippen LogP contribution in [0.4, 0.5) is 0 Å². The number of rotatable bonds is 6. The molecule has 7 heteroatoms. The van der Waals surface area contributed by atoms with Crippen LogP contribution in [0.3, 0.4) is 0 Å². The van der Waals surface area contributed by atoms with E-state index in [1.54, 1.807) is 54.6 Å². The summed E-state index contributed by atoms with van der Waals surface area (Å²) in [6.45, 7) is 1.95. The second-order valence-corrected chi connectivity index (χ2v) is 6.81. The molecule has 0 fully saturated rings. The summed E-state index contributed by atoms with van der Waals surface area (Å²) in [5.74, 6) is -0.229. The molecule has 0 aliphatic heterocycles. The second kappa shape index (κ2) is 9.71. The molecule has 3 rings (SSSR count). The number of ether oxygens (including phenoxy) is 2. The fourth-order valence-corrected chi connectivity index (χ4v) is 2.65. The SMILES string of the molecule is COc1cc(C=NNC(=O)c2ccc(C)cc2)ccc1OC(=O)c1ccc(Cl)cc1. The monoisotopic (exact) mass is 422 g/mol. The molecule has 1 N–H and O–H groups in total. The van der Waals surface area contributed by atoms with Crippen molar-refractivity contribution in [1.29, 1.82) is 0 Å². The largest absolute Gasteiger partial charge is 0.493 e. The second-order valence-electron chi connectivity index (χ2n) is 6.37. The maximum atomic E-state index is 12.3. The zero-order valence-electron chi connectivity index (χ0n) is 16.4. The summed E-state index contributed by atoms with van der Waals surface area (Å²) in [5, 5.41) is 4.49. The van der Waals surface area contributed by atoms with E-state index >= 15 is 0 Å². The van der Waals surface area contributed by atoms with Crippen LogP contribution in [0.5, 0.6) is 11.5 Å². The summed E-state index contributed by atoms with van der Waals surface area (Å²) in [6, 6.07) is 18.5. The van der Waals surface area contributed by atoms with E-state index in [0.29, 0.717) is 27.5 Å². The van der Waals surface area contributed by atoms with Gasteiger partial charge in [0.15, 0.2) is 11.5 Å². The lowest BCUT2D eigenvalue weighted by molar-refractivity contribution is 0.0729. The van der Waals surface area contributed by atoms with Crippen LogP contribution < -0.4 is 14.9 Å². The Morgan fingerprint density at radius 3 is 2.27 bits per heavy atom. The highest BCUT2D eigenvalue weighted by Gasteiger charge is 2.13.